The van der Waals surface area contributed by atoms with Crippen molar-refractivity contribution in [2.24, 2.45) is 0 Å². The van der Waals surface area contributed by atoms with E-state index in [9.17, 15) is 4.79 Å². The summed E-state index contributed by atoms with van der Waals surface area (Å²) in [6.07, 6.45) is -1.58. The van der Waals surface area contributed by atoms with Crippen molar-refractivity contribution in [1.29, 1.82) is 0 Å². The van der Waals surface area contributed by atoms with E-state index in [1.165, 1.54) is 0 Å². The lowest BCUT2D eigenvalue weighted by molar-refractivity contribution is -0.178. The van der Waals surface area contributed by atoms with Crippen molar-refractivity contribution < 1.29 is 23.7 Å². The van der Waals surface area contributed by atoms with E-state index in [1.807, 2.05) is 67.6 Å². The lowest BCUT2D eigenvalue weighted by Crippen LogP contribution is -2.38. The van der Waals surface area contributed by atoms with Gasteiger partial charge < -0.3 is 23.7 Å². The summed E-state index contributed by atoms with van der Waals surface area (Å²) in [6, 6.07) is 19.7. The van der Waals surface area contributed by atoms with Crippen LogP contribution in [0.1, 0.15) is 18.1 Å². The van der Waals surface area contributed by atoms with Crippen molar-refractivity contribution in [2.45, 2.75) is 44.7 Å². The van der Waals surface area contributed by atoms with Gasteiger partial charge >= 0.3 is 0 Å². The highest BCUT2D eigenvalue weighted by atomic mass is 16.7. The average Bonchev–Trinajstić information content (AvgIpc) is 3.03. The Balaban J connectivity index is 1.69. The first-order valence-corrected chi connectivity index (χ1v) is 8.85. The zero-order valence-electron chi connectivity index (χ0n) is 14.8. The van der Waals surface area contributed by atoms with E-state index in [2.05, 4.69) is 0 Å². The Bertz CT molecular complexity index is 661. The van der Waals surface area contributed by atoms with Gasteiger partial charge in [0.15, 0.2) is 12.6 Å². The van der Waals surface area contributed by atoms with Crippen LogP contribution in [0, 0.1) is 0 Å². The van der Waals surface area contributed by atoms with Crippen molar-refractivity contribution in [2.75, 3.05) is 6.61 Å². The smallest absolute Gasteiger partial charge is 0.187 e. The van der Waals surface area contributed by atoms with E-state index in [4.69, 9.17) is 18.9 Å². The molecule has 4 atom stereocenters. The van der Waals surface area contributed by atoms with E-state index >= 15 is 0 Å². The Morgan fingerprint density at radius 1 is 0.846 bits per heavy atom. The molecule has 0 amide bonds. The van der Waals surface area contributed by atoms with Crippen LogP contribution >= 0.6 is 0 Å². The van der Waals surface area contributed by atoms with Crippen LogP contribution in [0.3, 0.4) is 0 Å². The van der Waals surface area contributed by atoms with Crippen LogP contribution < -0.4 is 0 Å². The van der Waals surface area contributed by atoms with Gasteiger partial charge in [-0.3, -0.25) is 0 Å². The summed E-state index contributed by atoms with van der Waals surface area (Å²) >= 11 is 0. The van der Waals surface area contributed by atoms with Crippen LogP contribution in [-0.4, -0.2) is 37.5 Å². The summed E-state index contributed by atoms with van der Waals surface area (Å²) in [5, 5.41) is 0. The summed E-state index contributed by atoms with van der Waals surface area (Å²) in [6.45, 7) is 3.12. The molecule has 0 N–H and O–H groups in total. The third kappa shape index (κ3) is 4.77. The monoisotopic (exact) mass is 356 g/mol. The van der Waals surface area contributed by atoms with Crippen molar-refractivity contribution in [3.05, 3.63) is 71.8 Å². The zero-order valence-corrected chi connectivity index (χ0v) is 14.8. The first-order chi connectivity index (χ1) is 12.8. The van der Waals surface area contributed by atoms with Gasteiger partial charge in [-0.05, 0) is 18.1 Å². The molecule has 0 radical (unpaired) electrons. The second-order valence-corrected chi connectivity index (χ2v) is 6.08. The number of carbonyl (C=O) groups is 1. The first kappa shape index (κ1) is 18.7. The molecule has 0 aliphatic carbocycles. The molecule has 1 heterocycles. The maximum Gasteiger partial charge on any atom is 0.187 e. The molecule has 1 aliphatic heterocycles. The molecule has 3 rings (SSSR count). The molecule has 1 aliphatic rings. The van der Waals surface area contributed by atoms with Crippen molar-refractivity contribution in [3.8, 4) is 0 Å². The van der Waals surface area contributed by atoms with Gasteiger partial charge in [0.25, 0.3) is 0 Å². The van der Waals surface area contributed by atoms with Crippen molar-refractivity contribution >= 4 is 6.29 Å². The van der Waals surface area contributed by atoms with E-state index in [-0.39, 0.29) is 0 Å². The quantitative estimate of drug-likeness (QED) is 0.646. The Hall–Kier alpha value is -2.05. The highest BCUT2D eigenvalue weighted by Crippen LogP contribution is 2.28. The van der Waals surface area contributed by atoms with Gasteiger partial charge in [-0.15, -0.1) is 0 Å². The molecule has 0 saturated carbocycles. The van der Waals surface area contributed by atoms with Crippen molar-refractivity contribution in [1.82, 2.24) is 0 Å². The highest BCUT2D eigenvalue weighted by molar-refractivity contribution is 5.58. The third-order valence-corrected chi connectivity index (χ3v) is 4.24. The molecule has 0 bridgehead atoms. The van der Waals surface area contributed by atoms with Crippen LogP contribution in [0.25, 0.3) is 0 Å². The molecular weight excluding hydrogens is 332 g/mol. The fourth-order valence-electron chi connectivity index (χ4n) is 2.96. The molecule has 0 aromatic heterocycles. The molecule has 2 aromatic carbocycles. The number of hydrogen-bond acceptors (Lipinski definition) is 5. The molecule has 0 spiro atoms. The zero-order chi connectivity index (χ0) is 18.2. The number of hydrogen-bond donors (Lipinski definition) is 0. The molecule has 0 unspecified atom stereocenters. The molecule has 2 aromatic rings. The summed E-state index contributed by atoms with van der Waals surface area (Å²) in [5.74, 6) is 0. The van der Waals surface area contributed by atoms with Crippen LogP contribution in [0.2, 0.25) is 0 Å². The minimum absolute atomic E-state index is 0.378. The normalized spacial score (nSPS) is 25.3. The Labute approximate surface area is 153 Å². The van der Waals surface area contributed by atoms with Gasteiger partial charge in [0.05, 0.1) is 13.2 Å². The lowest BCUT2D eigenvalue weighted by Gasteiger charge is -2.24. The van der Waals surface area contributed by atoms with E-state index in [1.54, 1.807) is 0 Å². The molecular formula is C21H24O5. The van der Waals surface area contributed by atoms with Gasteiger partial charge in [0.1, 0.15) is 18.3 Å². The second kappa shape index (κ2) is 9.59. The molecule has 1 fully saturated rings. The number of ether oxygens (including phenoxy) is 4. The first-order valence-electron chi connectivity index (χ1n) is 8.85. The van der Waals surface area contributed by atoms with Crippen LogP contribution in [0.5, 0.6) is 0 Å². The Morgan fingerprint density at radius 2 is 1.38 bits per heavy atom. The number of benzene rings is 2. The van der Waals surface area contributed by atoms with Gasteiger partial charge in [0.2, 0.25) is 0 Å². The maximum absolute atomic E-state index is 11.5. The predicted molar refractivity (Wildman–Crippen MR) is 96.4 cm³/mol. The minimum Gasteiger partial charge on any atom is -0.367 e. The predicted octanol–water partition coefficient (Wildman–Crippen LogP) is 3.12. The number of carbonyl (C=O) groups excluding carboxylic acids is 1. The molecule has 26 heavy (non-hydrogen) atoms. The van der Waals surface area contributed by atoms with Crippen molar-refractivity contribution in [3.63, 3.8) is 0 Å². The standard InChI is InChI=1S/C21H24O5/c1-2-23-21-20(25-15-17-11-7-4-8-12-17)19(18(13-22)26-21)24-14-16-9-5-3-6-10-16/h3-13,18-21H,2,14-15H2,1H3/t18-,19-,20+,21+/m0/s1. The van der Waals surface area contributed by atoms with Gasteiger partial charge in [-0.25, -0.2) is 0 Å². The molecule has 138 valence electrons. The van der Waals surface area contributed by atoms with Crippen LogP contribution in [-0.2, 0) is 37.0 Å². The minimum atomic E-state index is -0.712. The van der Waals surface area contributed by atoms with E-state index in [0.717, 1.165) is 17.4 Å². The lowest BCUT2D eigenvalue weighted by atomic mass is 10.1. The Kier molecular flexibility index (Phi) is 6.91. The second-order valence-electron chi connectivity index (χ2n) is 6.08. The molecule has 5 heteroatoms. The summed E-state index contributed by atoms with van der Waals surface area (Å²) in [4.78, 5) is 11.5. The summed E-state index contributed by atoms with van der Waals surface area (Å²) in [5.41, 5.74) is 2.07. The third-order valence-electron chi connectivity index (χ3n) is 4.24. The maximum atomic E-state index is 11.5. The fraction of sp³-hybridized carbons (Fsp3) is 0.381. The summed E-state index contributed by atoms with van der Waals surface area (Å²) in [7, 11) is 0. The fourth-order valence-corrected chi connectivity index (χ4v) is 2.96. The highest BCUT2D eigenvalue weighted by Gasteiger charge is 2.47. The van der Waals surface area contributed by atoms with Crippen LogP contribution in [0.4, 0.5) is 0 Å². The van der Waals surface area contributed by atoms with Gasteiger partial charge in [-0.1, -0.05) is 60.7 Å². The van der Waals surface area contributed by atoms with Gasteiger partial charge in [-0.2, -0.15) is 0 Å². The van der Waals surface area contributed by atoms with Gasteiger partial charge in [0, 0.05) is 6.61 Å². The SMILES string of the molecule is CCO[C@@H]1O[C@@H](C=O)[C@H](OCc2ccccc2)[C@H]1OCc1ccccc1. The molecule has 1 saturated heterocycles. The number of rotatable bonds is 9. The van der Waals surface area contributed by atoms with E-state index < -0.39 is 24.6 Å². The van der Waals surface area contributed by atoms with Crippen LogP contribution in [0.15, 0.2) is 60.7 Å². The average molecular weight is 356 g/mol. The van der Waals surface area contributed by atoms with E-state index in [0.29, 0.717) is 19.8 Å². The number of aldehydes is 1. The summed E-state index contributed by atoms with van der Waals surface area (Å²) < 4.78 is 23.4. The Morgan fingerprint density at radius 3 is 1.88 bits per heavy atom. The molecule has 5 nitrogen and oxygen atoms in total. The topological polar surface area (TPSA) is 54.0 Å². The largest absolute Gasteiger partial charge is 0.367 e.